The van der Waals surface area contributed by atoms with E-state index in [1.807, 2.05) is 13.8 Å². The maximum atomic E-state index is 13.3. The standard InChI is InChI=1S/C22H23F3N4O3/c1-14(2)13-32-18-9-8-15(10-19(18)31-3)11-26-28-20(30)12-29-17-7-5-4-6-16(17)27-21(29)22(23,24)25/h4-11,14H,12-13H2,1-3H3,(H,28,30)/b26-11-. The van der Waals surface area contributed by atoms with Crippen LogP contribution in [0.1, 0.15) is 25.2 Å². The van der Waals surface area contributed by atoms with Gasteiger partial charge in [0.1, 0.15) is 6.54 Å². The van der Waals surface area contributed by atoms with Crippen molar-refractivity contribution in [3.63, 3.8) is 0 Å². The molecule has 7 nitrogen and oxygen atoms in total. The highest BCUT2D eigenvalue weighted by molar-refractivity contribution is 5.84. The predicted octanol–water partition coefficient (Wildman–Crippen LogP) is 4.25. The molecule has 0 aliphatic carbocycles. The molecule has 0 fully saturated rings. The molecule has 1 N–H and O–H groups in total. The van der Waals surface area contributed by atoms with E-state index in [9.17, 15) is 18.0 Å². The minimum Gasteiger partial charge on any atom is -0.493 e. The van der Waals surface area contributed by atoms with Crippen LogP contribution < -0.4 is 14.9 Å². The number of nitrogens with one attached hydrogen (secondary N) is 1. The van der Waals surface area contributed by atoms with Crippen molar-refractivity contribution >= 4 is 23.2 Å². The summed E-state index contributed by atoms with van der Waals surface area (Å²) in [6.07, 6.45) is -3.33. The van der Waals surface area contributed by atoms with Crippen molar-refractivity contribution < 1.29 is 27.4 Å². The van der Waals surface area contributed by atoms with Crippen LogP contribution in [0.4, 0.5) is 13.2 Å². The van der Waals surface area contributed by atoms with Gasteiger partial charge in [-0.05, 0) is 41.8 Å². The summed E-state index contributed by atoms with van der Waals surface area (Å²) in [5, 5.41) is 3.84. The first-order valence-corrected chi connectivity index (χ1v) is 9.84. The first kappa shape index (κ1) is 23.1. The maximum absolute atomic E-state index is 13.3. The van der Waals surface area contributed by atoms with Crippen molar-refractivity contribution in [1.82, 2.24) is 15.0 Å². The molecule has 1 amide bonds. The van der Waals surface area contributed by atoms with Crippen LogP contribution in [0.25, 0.3) is 11.0 Å². The molecule has 0 saturated heterocycles. The lowest BCUT2D eigenvalue weighted by Crippen LogP contribution is -2.26. The van der Waals surface area contributed by atoms with Gasteiger partial charge in [-0.1, -0.05) is 26.0 Å². The Morgan fingerprint density at radius 1 is 1.22 bits per heavy atom. The monoisotopic (exact) mass is 448 g/mol. The van der Waals surface area contributed by atoms with Crippen LogP contribution in [0.15, 0.2) is 47.6 Å². The molecule has 0 spiro atoms. The van der Waals surface area contributed by atoms with Gasteiger partial charge in [-0.2, -0.15) is 18.3 Å². The van der Waals surface area contributed by atoms with Crippen LogP contribution in [0, 0.1) is 5.92 Å². The number of benzene rings is 2. The van der Waals surface area contributed by atoms with Crippen LogP contribution >= 0.6 is 0 Å². The predicted molar refractivity (Wildman–Crippen MR) is 114 cm³/mol. The van der Waals surface area contributed by atoms with Gasteiger partial charge in [0.2, 0.25) is 5.82 Å². The number of hydrogen-bond donors (Lipinski definition) is 1. The number of nitrogens with zero attached hydrogens (tertiary/aromatic N) is 3. The van der Waals surface area contributed by atoms with Crippen molar-refractivity contribution in [3.8, 4) is 11.5 Å². The zero-order valence-corrected chi connectivity index (χ0v) is 17.8. The number of carbonyl (C=O) groups is 1. The first-order valence-electron chi connectivity index (χ1n) is 9.84. The van der Waals surface area contributed by atoms with Gasteiger partial charge in [-0.25, -0.2) is 10.4 Å². The number of alkyl halides is 3. The molecule has 0 bridgehead atoms. The fraction of sp³-hybridized carbons (Fsp3) is 0.318. The summed E-state index contributed by atoms with van der Waals surface area (Å²) in [6.45, 7) is 4.00. The fourth-order valence-corrected chi connectivity index (χ4v) is 2.95. The molecule has 0 aliphatic rings. The smallest absolute Gasteiger partial charge is 0.449 e. The lowest BCUT2D eigenvalue weighted by Gasteiger charge is -2.12. The lowest BCUT2D eigenvalue weighted by atomic mass is 10.2. The Balaban J connectivity index is 1.70. The van der Waals surface area contributed by atoms with Gasteiger partial charge in [0.05, 0.1) is 31.0 Å². The number of halogens is 3. The normalized spacial score (nSPS) is 12.0. The quantitative estimate of drug-likeness (QED) is 0.413. The Hall–Kier alpha value is -3.56. The molecule has 0 aliphatic heterocycles. The molecule has 32 heavy (non-hydrogen) atoms. The average molecular weight is 448 g/mol. The molecule has 2 aromatic carbocycles. The molecule has 3 rings (SSSR count). The summed E-state index contributed by atoms with van der Waals surface area (Å²) in [7, 11) is 1.51. The number of fused-ring (bicyclic) bond motifs is 1. The molecular formula is C22H23F3N4O3. The van der Waals surface area contributed by atoms with E-state index in [0.29, 0.717) is 29.6 Å². The molecule has 1 heterocycles. The van der Waals surface area contributed by atoms with E-state index in [1.165, 1.54) is 25.5 Å². The van der Waals surface area contributed by atoms with E-state index in [2.05, 4.69) is 15.5 Å². The largest absolute Gasteiger partial charge is 0.493 e. The minimum absolute atomic E-state index is 0.156. The number of para-hydroxylation sites is 2. The van der Waals surface area contributed by atoms with Gasteiger partial charge in [0, 0.05) is 0 Å². The van der Waals surface area contributed by atoms with Crippen LogP contribution in [0.2, 0.25) is 0 Å². The number of amides is 1. The summed E-state index contributed by atoms with van der Waals surface area (Å²) in [5.41, 5.74) is 3.23. The lowest BCUT2D eigenvalue weighted by molar-refractivity contribution is -0.147. The van der Waals surface area contributed by atoms with Crippen LogP contribution in [-0.2, 0) is 17.5 Å². The van der Waals surface area contributed by atoms with Gasteiger partial charge in [-0.3, -0.25) is 4.79 Å². The number of imidazole rings is 1. The second-order valence-corrected chi connectivity index (χ2v) is 7.42. The highest BCUT2D eigenvalue weighted by Gasteiger charge is 2.37. The third kappa shape index (κ3) is 5.57. The number of carbonyl (C=O) groups excluding carboxylic acids is 1. The number of ether oxygens (including phenoxy) is 2. The Kier molecular flexibility index (Phi) is 7.01. The third-order valence-corrected chi connectivity index (χ3v) is 4.37. The van der Waals surface area contributed by atoms with Crippen LogP contribution in [0.3, 0.4) is 0 Å². The first-order chi connectivity index (χ1) is 15.2. The molecule has 1 aromatic heterocycles. The molecular weight excluding hydrogens is 425 g/mol. The van der Waals surface area contributed by atoms with Crippen molar-refractivity contribution in [2.45, 2.75) is 26.6 Å². The average Bonchev–Trinajstić information content (AvgIpc) is 3.11. The van der Waals surface area contributed by atoms with Crippen molar-refractivity contribution in [3.05, 3.63) is 53.9 Å². The summed E-state index contributed by atoms with van der Waals surface area (Å²) < 4.78 is 51.9. The molecule has 10 heteroatoms. The zero-order chi connectivity index (χ0) is 23.3. The zero-order valence-electron chi connectivity index (χ0n) is 17.8. The molecule has 0 atom stereocenters. The van der Waals surface area contributed by atoms with Crippen molar-refractivity contribution in [2.24, 2.45) is 11.0 Å². The number of hydrogen-bond acceptors (Lipinski definition) is 5. The molecule has 170 valence electrons. The number of hydrazone groups is 1. The topological polar surface area (TPSA) is 77.7 Å². The highest BCUT2D eigenvalue weighted by Crippen LogP contribution is 2.31. The van der Waals surface area contributed by atoms with Crippen molar-refractivity contribution in [1.29, 1.82) is 0 Å². The van der Waals surface area contributed by atoms with Crippen LogP contribution in [0.5, 0.6) is 11.5 Å². The van der Waals surface area contributed by atoms with Gasteiger partial charge >= 0.3 is 6.18 Å². The summed E-state index contributed by atoms with van der Waals surface area (Å²) in [4.78, 5) is 15.9. The summed E-state index contributed by atoms with van der Waals surface area (Å²) >= 11 is 0. The second-order valence-electron chi connectivity index (χ2n) is 7.42. The number of aromatic nitrogens is 2. The fourth-order valence-electron chi connectivity index (χ4n) is 2.95. The maximum Gasteiger partial charge on any atom is 0.449 e. The van der Waals surface area contributed by atoms with Gasteiger partial charge in [0.15, 0.2) is 11.5 Å². The van der Waals surface area contributed by atoms with Crippen LogP contribution in [-0.4, -0.2) is 35.4 Å². The summed E-state index contributed by atoms with van der Waals surface area (Å²) in [6, 6.07) is 11.2. The highest BCUT2D eigenvalue weighted by atomic mass is 19.4. The van der Waals surface area contributed by atoms with E-state index >= 15 is 0 Å². The number of rotatable bonds is 8. The van der Waals surface area contributed by atoms with Gasteiger partial charge in [0.25, 0.3) is 5.91 Å². The Morgan fingerprint density at radius 2 is 1.97 bits per heavy atom. The Morgan fingerprint density at radius 3 is 2.66 bits per heavy atom. The van der Waals surface area contributed by atoms with Crippen molar-refractivity contribution in [2.75, 3.05) is 13.7 Å². The Labute approximate surface area is 182 Å². The second kappa shape index (κ2) is 9.71. The van der Waals surface area contributed by atoms with Gasteiger partial charge < -0.3 is 14.0 Å². The molecule has 0 saturated carbocycles. The van der Waals surface area contributed by atoms with E-state index in [1.54, 1.807) is 30.3 Å². The SMILES string of the molecule is COc1cc(/C=N\NC(=O)Cn2c(C(F)(F)F)nc3ccccc32)ccc1OCC(C)C. The van der Waals surface area contributed by atoms with E-state index in [-0.39, 0.29) is 11.0 Å². The number of methoxy groups -OCH3 is 1. The molecule has 3 aromatic rings. The van der Waals surface area contributed by atoms with E-state index in [4.69, 9.17) is 9.47 Å². The molecule has 0 radical (unpaired) electrons. The van der Waals surface area contributed by atoms with E-state index in [0.717, 1.165) is 4.57 Å². The minimum atomic E-state index is -4.70. The van der Waals surface area contributed by atoms with Gasteiger partial charge in [-0.15, -0.1) is 0 Å². The Bertz CT molecular complexity index is 1120. The molecule has 0 unspecified atom stereocenters. The van der Waals surface area contributed by atoms with E-state index < -0.39 is 24.5 Å². The summed E-state index contributed by atoms with van der Waals surface area (Å²) in [5.74, 6) is -0.436. The third-order valence-electron chi connectivity index (χ3n) is 4.37.